The first-order valence-electron chi connectivity index (χ1n) is 5.70. The zero-order chi connectivity index (χ0) is 12.4. The number of hydrogen-bond donors (Lipinski definition) is 2. The van der Waals surface area contributed by atoms with E-state index >= 15 is 0 Å². The van der Waals surface area contributed by atoms with Crippen LogP contribution in [-0.2, 0) is 7.05 Å². The number of aliphatic hydroxyl groups excluding tert-OH is 1. The molecule has 1 aromatic rings. The van der Waals surface area contributed by atoms with Gasteiger partial charge in [-0.25, -0.2) is 0 Å². The van der Waals surface area contributed by atoms with Gasteiger partial charge in [0, 0.05) is 7.05 Å². The summed E-state index contributed by atoms with van der Waals surface area (Å²) in [6.07, 6.45) is 4.55. The second-order valence-electron chi connectivity index (χ2n) is 4.39. The van der Waals surface area contributed by atoms with E-state index in [2.05, 4.69) is 10.3 Å². The maximum Gasteiger partial charge on any atom is 0.406 e. The Kier molecular flexibility index (Phi) is 3.28. The van der Waals surface area contributed by atoms with Crippen LogP contribution >= 0.6 is 0 Å². The molecule has 2 N–H and O–H groups in total. The van der Waals surface area contributed by atoms with E-state index in [0.717, 1.165) is 25.7 Å². The molecular formula is C10H16N4O3. The number of nitro groups is 1. The Bertz CT molecular complexity index is 418. The third-order valence-electron chi connectivity index (χ3n) is 3.14. The van der Waals surface area contributed by atoms with Gasteiger partial charge in [0.15, 0.2) is 0 Å². The van der Waals surface area contributed by atoms with Gasteiger partial charge in [-0.1, -0.05) is 12.8 Å². The number of aromatic nitrogens is 2. The number of anilines is 1. The Morgan fingerprint density at radius 2 is 2.29 bits per heavy atom. The molecule has 0 aliphatic heterocycles. The Morgan fingerprint density at radius 1 is 1.59 bits per heavy atom. The van der Waals surface area contributed by atoms with Gasteiger partial charge < -0.3 is 20.5 Å². The summed E-state index contributed by atoms with van der Waals surface area (Å²) >= 11 is 0. The predicted molar refractivity (Wildman–Crippen MR) is 61.7 cm³/mol. The molecule has 1 aliphatic rings. The highest BCUT2D eigenvalue weighted by Crippen LogP contribution is 2.26. The number of aliphatic hydroxyl groups is 1. The lowest BCUT2D eigenvalue weighted by molar-refractivity contribution is -0.388. The molecule has 1 aliphatic carbocycles. The average Bonchev–Trinajstić information content (AvgIpc) is 2.64. The zero-order valence-electron chi connectivity index (χ0n) is 9.67. The van der Waals surface area contributed by atoms with Crippen molar-refractivity contribution in [3.63, 3.8) is 0 Å². The van der Waals surface area contributed by atoms with Crippen LogP contribution in [0.15, 0.2) is 6.33 Å². The van der Waals surface area contributed by atoms with Crippen molar-refractivity contribution in [2.75, 3.05) is 5.32 Å². The van der Waals surface area contributed by atoms with Crippen LogP contribution in [0.25, 0.3) is 0 Å². The molecule has 0 spiro atoms. The largest absolute Gasteiger partial charge is 0.406 e. The van der Waals surface area contributed by atoms with Crippen molar-refractivity contribution in [1.29, 1.82) is 0 Å². The molecular weight excluding hydrogens is 224 g/mol. The molecule has 1 saturated carbocycles. The molecule has 1 fully saturated rings. The highest BCUT2D eigenvalue weighted by molar-refractivity contribution is 5.52. The smallest absolute Gasteiger partial charge is 0.391 e. The van der Waals surface area contributed by atoms with Crippen LogP contribution in [0.5, 0.6) is 0 Å². The van der Waals surface area contributed by atoms with Gasteiger partial charge >= 0.3 is 5.82 Å². The van der Waals surface area contributed by atoms with Gasteiger partial charge in [-0.3, -0.25) is 4.57 Å². The minimum Gasteiger partial charge on any atom is -0.391 e. The lowest BCUT2D eigenvalue weighted by Gasteiger charge is -2.28. The number of imidazole rings is 1. The lowest BCUT2D eigenvalue weighted by Crippen LogP contribution is -2.37. The molecule has 0 amide bonds. The summed E-state index contributed by atoms with van der Waals surface area (Å²) in [4.78, 5) is 14.0. The molecule has 1 aromatic heterocycles. The normalized spacial score (nSPS) is 24.6. The van der Waals surface area contributed by atoms with Crippen LogP contribution in [0.2, 0.25) is 0 Å². The van der Waals surface area contributed by atoms with Crippen molar-refractivity contribution < 1.29 is 10.0 Å². The summed E-state index contributed by atoms with van der Waals surface area (Å²) in [5, 5.41) is 23.6. The number of aryl methyl sites for hydroxylation is 1. The summed E-state index contributed by atoms with van der Waals surface area (Å²) in [5.74, 6) is 0.172. The van der Waals surface area contributed by atoms with E-state index in [9.17, 15) is 15.2 Å². The average molecular weight is 240 g/mol. The van der Waals surface area contributed by atoms with Gasteiger partial charge in [0.25, 0.3) is 0 Å². The van der Waals surface area contributed by atoms with Crippen LogP contribution in [0.4, 0.5) is 11.6 Å². The van der Waals surface area contributed by atoms with E-state index in [1.807, 2.05) is 0 Å². The topological polar surface area (TPSA) is 93.2 Å². The molecule has 0 bridgehead atoms. The molecule has 94 valence electrons. The Morgan fingerprint density at radius 3 is 2.94 bits per heavy atom. The summed E-state index contributed by atoms with van der Waals surface area (Å²) < 4.78 is 1.57. The fourth-order valence-corrected chi connectivity index (χ4v) is 2.17. The van der Waals surface area contributed by atoms with E-state index in [0.29, 0.717) is 5.82 Å². The van der Waals surface area contributed by atoms with Gasteiger partial charge in [-0.15, -0.1) is 0 Å². The third-order valence-corrected chi connectivity index (χ3v) is 3.14. The Hall–Kier alpha value is -1.63. The van der Waals surface area contributed by atoms with E-state index in [4.69, 9.17) is 0 Å². The molecule has 2 atom stereocenters. The van der Waals surface area contributed by atoms with Crippen molar-refractivity contribution >= 4 is 11.6 Å². The summed E-state index contributed by atoms with van der Waals surface area (Å²) in [6.45, 7) is 0. The van der Waals surface area contributed by atoms with Gasteiger partial charge in [-0.05, 0) is 22.7 Å². The quantitative estimate of drug-likeness (QED) is 0.608. The van der Waals surface area contributed by atoms with Gasteiger partial charge in [0.1, 0.15) is 0 Å². The van der Waals surface area contributed by atoms with Crippen molar-refractivity contribution in [2.24, 2.45) is 7.05 Å². The Labute approximate surface area is 98.6 Å². The van der Waals surface area contributed by atoms with E-state index in [1.54, 1.807) is 11.6 Å². The second kappa shape index (κ2) is 4.70. The maximum absolute atomic E-state index is 10.8. The van der Waals surface area contributed by atoms with Crippen molar-refractivity contribution in [3.05, 3.63) is 16.4 Å². The summed E-state index contributed by atoms with van der Waals surface area (Å²) in [7, 11) is 1.69. The minimum atomic E-state index is -0.516. The van der Waals surface area contributed by atoms with Gasteiger partial charge in [-0.2, -0.15) is 0 Å². The molecule has 0 saturated heterocycles. The van der Waals surface area contributed by atoms with Crippen molar-refractivity contribution in [3.8, 4) is 0 Å². The highest BCUT2D eigenvalue weighted by Gasteiger charge is 2.28. The van der Waals surface area contributed by atoms with E-state index in [-0.39, 0.29) is 11.9 Å². The second-order valence-corrected chi connectivity index (χ2v) is 4.39. The number of hydrogen-bond acceptors (Lipinski definition) is 5. The maximum atomic E-state index is 10.8. The molecule has 2 rings (SSSR count). The molecule has 0 aromatic carbocycles. The Balaban J connectivity index is 2.17. The predicted octanol–water partition coefficient (Wildman–Crippen LogP) is 1.04. The monoisotopic (exact) mass is 240 g/mol. The van der Waals surface area contributed by atoms with Gasteiger partial charge in [0.05, 0.1) is 12.1 Å². The van der Waals surface area contributed by atoms with Crippen LogP contribution in [0.3, 0.4) is 0 Å². The zero-order valence-corrected chi connectivity index (χ0v) is 9.67. The first-order valence-corrected chi connectivity index (χ1v) is 5.70. The van der Waals surface area contributed by atoms with E-state index < -0.39 is 11.0 Å². The molecule has 7 heteroatoms. The first-order chi connectivity index (χ1) is 8.09. The minimum absolute atomic E-state index is 0.127. The molecule has 2 unspecified atom stereocenters. The van der Waals surface area contributed by atoms with Crippen LogP contribution in [0, 0.1) is 10.1 Å². The van der Waals surface area contributed by atoms with E-state index in [1.165, 1.54) is 6.33 Å². The third kappa shape index (κ3) is 2.38. The fourth-order valence-electron chi connectivity index (χ4n) is 2.17. The lowest BCUT2D eigenvalue weighted by atomic mass is 9.92. The molecule has 7 nitrogen and oxygen atoms in total. The van der Waals surface area contributed by atoms with Crippen molar-refractivity contribution in [2.45, 2.75) is 37.8 Å². The fraction of sp³-hybridized carbons (Fsp3) is 0.700. The number of rotatable bonds is 3. The molecule has 1 heterocycles. The standard InChI is InChI=1S/C10H16N4O3/c1-13-6-11-9(14(16)17)10(13)12-7-4-2-3-5-8(7)15/h6-8,12,15H,2-5H2,1H3. The summed E-state index contributed by atoms with van der Waals surface area (Å²) in [6, 6.07) is -0.127. The van der Waals surface area contributed by atoms with Crippen molar-refractivity contribution in [1.82, 2.24) is 9.55 Å². The molecule has 17 heavy (non-hydrogen) atoms. The van der Waals surface area contributed by atoms with Gasteiger partial charge in [0.2, 0.25) is 12.1 Å². The van der Waals surface area contributed by atoms with Crippen LogP contribution in [-0.4, -0.2) is 31.7 Å². The van der Waals surface area contributed by atoms with Crippen LogP contribution in [0.1, 0.15) is 25.7 Å². The first kappa shape index (κ1) is 11.8. The number of nitrogens with zero attached hydrogens (tertiary/aromatic N) is 3. The SMILES string of the molecule is Cn1cnc([N+](=O)[O-])c1NC1CCCCC1O. The number of nitrogens with one attached hydrogen (secondary N) is 1. The molecule has 0 radical (unpaired) electrons. The highest BCUT2D eigenvalue weighted by atomic mass is 16.6. The summed E-state index contributed by atoms with van der Waals surface area (Å²) in [5.41, 5.74) is 0. The van der Waals surface area contributed by atoms with Crippen LogP contribution < -0.4 is 5.32 Å².